The minimum atomic E-state index is -0.414. The fraction of sp³-hybridized carbons (Fsp3) is 0.356. The third-order valence-corrected chi connectivity index (χ3v) is 36.4. The third kappa shape index (κ3) is 23.7. The molecule has 15 aromatic carbocycles. The highest BCUT2D eigenvalue weighted by Crippen LogP contribution is 2.51. The molecule has 149 heavy (non-hydrogen) atoms. The summed E-state index contributed by atoms with van der Waals surface area (Å²) in [5.74, 6) is 5.93. The van der Waals surface area contributed by atoms with Crippen molar-refractivity contribution in [3.05, 3.63) is 448 Å². The van der Waals surface area contributed by atoms with E-state index in [0.29, 0.717) is 48.7 Å². The summed E-state index contributed by atoms with van der Waals surface area (Å²) in [6.45, 7) is 3.56. The highest BCUT2D eigenvalue weighted by Gasteiger charge is 2.39. The van der Waals surface area contributed by atoms with Crippen LogP contribution in [0.3, 0.4) is 0 Å². The molecule has 758 valence electrons. The summed E-state index contributed by atoms with van der Waals surface area (Å²) in [5, 5.41) is 0. The number of hydrogen-bond donors (Lipinski definition) is 0. The Balaban J connectivity index is 0.475. The van der Waals surface area contributed by atoms with Crippen LogP contribution in [0.1, 0.15) is 372 Å². The Morgan fingerprint density at radius 3 is 0.577 bits per heavy atom. The van der Waals surface area contributed by atoms with Crippen molar-refractivity contribution in [1.29, 1.82) is 0 Å². The van der Waals surface area contributed by atoms with E-state index in [4.69, 9.17) is 9.47 Å². The van der Waals surface area contributed by atoms with Crippen LogP contribution in [-0.2, 0) is 17.3 Å². The maximum atomic E-state index is 6.71. The molecular formula is C146H157NO2. The lowest BCUT2D eigenvalue weighted by atomic mass is 9.66. The van der Waals surface area contributed by atoms with Crippen LogP contribution in [0.5, 0.6) is 11.5 Å². The summed E-state index contributed by atoms with van der Waals surface area (Å²) in [7, 11) is 0. The topological polar surface area (TPSA) is 23.4 Å². The molecule has 0 atom stereocenters. The Labute approximate surface area is 892 Å². The maximum Gasteiger partial charge on any atom is 0.119 e. The van der Waals surface area contributed by atoms with Gasteiger partial charge in [0.15, 0.2) is 0 Å². The minimum Gasteiger partial charge on any atom is -0.494 e. The van der Waals surface area contributed by atoms with Crippen molar-refractivity contribution >= 4 is 0 Å². The molecule has 1 heterocycles. The highest BCUT2D eigenvalue weighted by atomic mass is 16.5. The van der Waals surface area contributed by atoms with E-state index in [9.17, 15) is 0 Å². The Morgan fingerprint density at radius 2 is 0.376 bits per heavy atom. The number of unbranched alkanes of at least 4 members (excludes halogenated alkanes) is 6. The smallest absolute Gasteiger partial charge is 0.119 e. The molecule has 6 saturated carbocycles. The quantitative estimate of drug-likeness (QED) is 0.0284. The van der Waals surface area contributed by atoms with E-state index < -0.39 is 10.8 Å². The van der Waals surface area contributed by atoms with E-state index >= 15 is 0 Å². The van der Waals surface area contributed by atoms with Gasteiger partial charge in [-0.25, -0.2) is 0 Å². The number of hydrogen-bond acceptors (Lipinski definition) is 2. The monoisotopic (exact) mass is 1960 g/mol. The first-order chi connectivity index (χ1) is 73.7. The van der Waals surface area contributed by atoms with Gasteiger partial charge in [0.25, 0.3) is 0 Å². The third-order valence-electron chi connectivity index (χ3n) is 36.4. The molecule has 0 saturated heterocycles. The van der Waals surface area contributed by atoms with Gasteiger partial charge in [0.1, 0.15) is 11.5 Å². The van der Waals surface area contributed by atoms with Gasteiger partial charge in [0.05, 0.1) is 24.6 Å². The second-order valence-electron chi connectivity index (χ2n) is 45.5. The molecule has 6 aliphatic carbocycles. The zero-order valence-electron chi connectivity index (χ0n) is 88.9. The van der Waals surface area contributed by atoms with Gasteiger partial charge in [-0.3, -0.25) is 0 Å². The van der Waals surface area contributed by atoms with Crippen LogP contribution in [0, 0.1) is 0 Å². The Kier molecular flexibility index (Phi) is 33.0. The van der Waals surface area contributed by atoms with Crippen LogP contribution < -0.4 is 9.47 Å². The molecule has 6 fully saturated rings. The predicted octanol–water partition coefficient (Wildman–Crippen LogP) is 41.4. The average Bonchev–Trinajstić information content (AvgIpc) is 1.49. The zero-order valence-corrected chi connectivity index (χ0v) is 88.9. The van der Waals surface area contributed by atoms with Crippen molar-refractivity contribution in [2.75, 3.05) is 13.2 Å². The van der Waals surface area contributed by atoms with Crippen LogP contribution in [-0.4, -0.2) is 17.8 Å². The Morgan fingerprint density at radius 1 is 0.188 bits per heavy atom. The van der Waals surface area contributed by atoms with Crippen LogP contribution >= 0.6 is 0 Å². The molecule has 0 N–H and O–H groups in total. The summed E-state index contributed by atoms with van der Waals surface area (Å²) in [5.41, 5.74) is 38.7. The van der Waals surface area contributed by atoms with Crippen LogP contribution in [0.15, 0.2) is 376 Å². The van der Waals surface area contributed by atoms with Gasteiger partial charge < -0.3 is 14.0 Å². The van der Waals surface area contributed by atoms with E-state index in [2.05, 4.69) is 388 Å². The molecule has 16 aromatic rings. The summed E-state index contributed by atoms with van der Waals surface area (Å²) < 4.78 is 15.8. The fourth-order valence-electron chi connectivity index (χ4n) is 27.4. The zero-order chi connectivity index (χ0) is 100. The summed E-state index contributed by atoms with van der Waals surface area (Å²) in [6, 6.07) is 148. The SMILES string of the molecule is CCc1ccc(-n2c(-c3ccc(OCCCCCCC(c4ccc(-c5ccc(C6CCCCC6)cc5)cc4)(c4ccc(-c5ccc(C6CCCCC6)cc5)cc4)c4ccc(-c5ccc(C6CCCCC6)cc5)cc4)cc3)ccc2-c2ccc(OCCCCCCC(c3ccc(-c4ccc(C5CCCCC5)cc4)cc3)(c3ccc(-c4ccc(C5CCCCC5)cc4)cc3)c3ccc(-c4ccc(C5CCCCC5)cc4)cc3)cc2)cc1. The van der Waals surface area contributed by atoms with Crippen molar-refractivity contribution < 1.29 is 9.47 Å². The van der Waals surface area contributed by atoms with Crippen LogP contribution in [0.4, 0.5) is 0 Å². The summed E-state index contributed by atoms with van der Waals surface area (Å²) in [4.78, 5) is 0. The minimum absolute atomic E-state index is 0.414. The van der Waals surface area contributed by atoms with Gasteiger partial charge in [-0.05, 0) is 368 Å². The number of rotatable bonds is 38. The standard InChI is InChI=1S/C146H157NO2/c1-2-107-41-95-140(96-42-107)147-143(132-79-97-141(98-80-132)148-105-27-5-3-25-103-145(134-83-67-126(68-84-134)120-55-43-114(44-56-120)108-29-13-7-14-30-108,135-85-69-127(70-86-135)121-57-45-115(46-58-121)109-31-15-8-16-32-109)136-87-71-128(72-88-136)122-59-47-116(48-60-122)110-33-17-9-18-34-110)101-102-144(147)133-81-99-142(100-82-133)149-106-28-6-4-26-104-146(137-89-73-129(74-90-137)123-61-49-117(50-62-123)111-35-19-10-20-36-111,138-91-75-130(76-92-138)124-63-51-118(52-64-124)112-37-21-11-22-38-112)139-93-77-131(78-94-139)125-65-53-119(54-66-125)113-39-23-12-24-40-113/h41-102,108-113H,2-40,103-106H2,1H3. The van der Waals surface area contributed by atoms with Gasteiger partial charge in [-0.2, -0.15) is 0 Å². The van der Waals surface area contributed by atoms with E-state index in [-0.39, 0.29) is 0 Å². The number of benzene rings is 15. The van der Waals surface area contributed by atoms with Gasteiger partial charge in [-0.15, -0.1) is 0 Å². The van der Waals surface area contributed by atoms with Crippen molar-refractivity contribution in [3.63, 3.8) is 0 Å². The second kappa shape index (κ2) is 48.9. The highest BCUT2D eigenvalue weighted by molar-refractivity contribution is 5.77. The molecule has 3 heteroatoms. The molecular weight excluding hydrogens is 1800 g/mol. The normalized spacial score (nSPS) is 16.1. The first-order valence-electron chi connectivity index (χ1n) is 58.8. The molecule has 6 aliphatic rings. The number of aryl methyl sites for hydroxylation is 1. The summed E-state index contributed by atoms with van der Waals surface area (Å²) in [6.07, 6.45) is 51.5. The largest absolute Gasteiger partial charge is 0.494 e. The van der Waals surface area contributed by atoms with Gasteiger partial charge in [0.2, 0.25) is 0 Å². The van der Waals surface area contributed by atoms with Gasteiger partial charge >= 0.3 is 0 Å². The molecule has 0 radical (unpaired) electrons. The molecule has 22 rings (SSSR count). The lowest BCUT2D eigenvalue weighted by molar-refractivity contribution is 0.303. The van der Waals surface area contributed by atoms with Gasteiger partial charge in [-0.1, -0.05) is 464 Å². The fourth-order valence-corrected chi connectivity index (χ4v) is 27.4. The van der Waals surface area contributed by atoms with E-state index in [1.807, 2.05) is 0 Å². The first kappa shape index (κ1) is 101. The van der Waals surface area contributed by atoms with Crippen molar-refractivity contribution in [2.24, 2.45) is 0 Å². The maximum absolute atomic E-state index is 6.71. The molecule has 1 aromatic heterocycles. The van der Waals surface area contributed by atoms with Crippen molar-refractivity contribution in [3.8, 4) is 106 Å². The average molecular weight is 1960 g/mol. The first-order valence-corrected chi connectivity index (χ1v) is 58.8. The number of ether oxygens (including phenoxy) is 2. The number of aromatic nitrogens is 1. The predicted molar refractivity (Wildman–Crippen MR) is 629 cm³/mol. The van der Waals surface area contributed by atoms with Crippen molar-refractivity contribution in [1.82, 2.24) is 4.57 Å². The van der Waals surface area contributed by atoms with Crippen LogP contribution in [0.2, 0.25) is 0 Å². The molecule has 0 unspecified atom stereocenters. The molecule has 0 amide bonds. The lowest BCUT2D eigenvalue weighted by Gasteiger charge is -2.37. The molecule has 0 aliphatic heterocycles. The lowest BCUT2D eigenvalue weighted by Crippen LogP contribution is -2.29. The Bertz CT molecular complexity index is 5950. The van der Waals surface area contributed by atoms with Gasteiger partial charge in [0, 0.05) is 16.5 Å². The molecule has 0 spiro atoms. The molecule has 3 nitrogen and oxygen atoms in total. The van der Waals surface area contributed by atoms with E-state index in [1.165, 1.54) is 332 Å². The van der Waals surface area contributed by atoms with E-state index in [1.54, 1.807) is 0 Å². The van der Waals surface area contributed by atoms with Crippen LogP contribution in [0.25, 0.3) is 95.0 Å². The van der Waals surface area contributed by atoms with E-state index in [0.717, 1.165) is 110 Å². The number of nitrogens with zero attached hydrogens (tertiary/aromatic N) is 1. The Hall–Kier alpha value is -12.8. The van der Waals surface area contributed by atoms with Crippen molar-refractivity contribution in [2.45, 2.75) is 317 Å². The summed E-state index contributed by atoms with van der Waals surface area (Å²) >= 11 is 0. The molecule has 0 bridgehead atoms. The second-order valence-corrected chi connectivity index (χ2v) is 45.5.